The van der Waals surface area contributed by atoms with Crippen molar-refractivity contribution < 1.29 is 8.42 Å². The molecule has 2 aliphatic rings. The van der Waals surface area contributed by atoms with Crippen LogP contribution in [0.5, 0.6) is 0 Å². The SMILES string of the molecule is Cc1cncc(N2CCCC(NS(=O)(=O)C3CC3)C2)n1. The fraction of sp³-hybridized carbons (Fsp3) is 0.692. The molecule has 1 aromatic heterocycles. The molecule has 1 saturated carbocycles. The first-order valence-corrected chi connectivity index (χ1v) is 8.64. The molecule has 7 heteroatoms. The topological polar surface area (TPSA) is 75.2 Å². The van der Waals surface area contributed by atoms with Gasteiger partial charge in [-0.2, -0.15) is 0 Å². The average molecular weight is 296 g/mol. The van der Waals surface area contributed by atoms with Gasteiger partial charge in [0.25, 0.3) is 0 Å². The van der Waals surface area contributed by atoms with Crippen LogP contribution in [-0.2, 0) is 10.0 Å². The summed E-state index contributed by atoms with van der Waals surface area (Å²) in [5.74, 6) is 0.834. The number of piperidine rings is 1. The second-order valence-corrected chi connectivity index (χ2v) is 7.66. The highest BCUT2D eigenvalue weighted by Crippen LogP contribution is 2.28. The maximum absolute atomic E-state index is 12.0. The van der Waals surface area contributed by atoms with E-state index in [1.807, 2.05) is 6.92 Å². The highest BCUT2D eigenvalue weighted by Gasteiger charge is 2.37. The fourth-order valence-corrected chi connectivity index (χ4v) is 4.20. The van der Waals surface area contributed by atoms with Crippen molar-refractivity contribution in [2.45, 2.75) is 43.9 Å². The normalized spacial score (nSPS) is 23.9. The number of anilines is 1. The maximum atomic E-state index is 12.0. The van der Waals surface area contributed by atoms with Crippen molar-refractivity contribution >= 4 is 15.8 Å². The van der Waals surface area contributed by atoms with E-state index < -0.39 is 10.0 Å². The lowest BCUT2D eigenvalue weighted by Gasteiger charge is -2.33. The molecule has 1 unspecified atom stereocenters. The Balaban J connectivity index is 1.67. The van der Waals surface area contributed by atoms with Crippen LogP contribution in [-0.4, -0.2) is 42.8 Å². The van der Waals surface area contributed by atoms with E-state index in [1.165, 1.54) is 0 Å². The van der Waals surface area contributed by atoms with Gasteiger partial charge in [-0.15, -0.1) is 0 Å². The molecule has 1 aromatic rings. The molecule has 3 rings (SSSR count). The Morgan fingerprint density at radius 3 is 2.80 bits per heavy atom. The van der Waals surface area contributed by atoms with Gasteiger partial charge in [0.15, 0.2) is 0 Å². The number of aryl methyl sites for hydroxylation is 1. The van der Waals surface area contributed by atoms with Crippen LogP contribution in [0.2, 0.25) is 0 Å². The highest BCUT2D eigenvalue weighted by atomic mass is 32.2. The molecule has 110 valence electrons. The van der Waals surface area contributed by atoms with Crippen molar-refractivity contribution in [3.63, 3.8) is 0 Å². The molecule has 0 amide bonds. The van der Waals surface area contributed by atoms with Crippen LogP contribution >= 0.6 is 0 Å². The monoisotopic (exact) mass is 296 g/mol. The lowest BCUT2D eigenvalue weighted by molar-refractivity contribution is 0.463. The first kappa shape index (κ1) is 13.8. The molecule has 2 fully saturated rings. The van der Waals surface area contributed by atoms with E-state index in [-0.39, 0.29) is 11.3 Å². The fourth-order valence-electron chi connectivity index (χ4n) is 2.59. The van der Waals surface area contributed by atoms with Crippen molar-refractivity contribution in [3.05, 3.63) is 18.1 Å². The summed E-state index contributed by atoms with van der Waals surface area (Å²) >= 11 is 0. The summed E-state index contributed by atoms with van der Waals surface area (Å²) < 4.78 is 26.9. The van der Waals surface area contributed by atoms with E-state index >= 15 is 0 Å². The summed E-state index contributed by atoms with van der Waals surface area (Å²) in [4.78, 5) is 10.7. The Hall–Kier alpha value is -1.21. The van der Waals surface area contributed by atoms with Gasteiger partial charge in [-0.25, -0.2) is 18.1 Å². The zero-order chi connectivity index (χ0) is 14.2. The van der Waals surface area contributed by atoms with Crippen molar-refractivity contribution in [2.75, 3.05) is 18.0 Å². The third-order valence-electron chi connectivity index (χ3n) is 3.78. The van der Waals surface area contributed by atoms with E-state index in [9.17, 15) is 8.42 Å². The zero-order valence-electron chi connectivity index (χ0n) is 11.6. The minimum absolute atomic E-state index is 0.0170. The van der Waals surface area contributed by atoms with Gasteiger partial charge in [0.05, 0.1) is 17.1 Å². The second-order valence-electron chi connectivity index (χ2n) is 5.67. The minimum atomic E-state index is -3.11. The van der Waals surface area contributed by atoms with E-state index in [0.717, 1.165) is 43.7 Å². The number of hydrogen-bond acceptors (Lipinski definition) is 5. The molecule has 1 saturated heterocycles. The third kappa shape index (κ3) is 3.09. The van der Waals surface area contributed by atoms with Gasteiger partial charge in [0, 0.05) is 25.3 Å². The molecular formula is C13H20N4O2S. The van der Waals surface area contributed by atoms with Crippen LogP contribution < -0.4 is 9.62 Å². The number of nitrogens with one attached hydrogen (secondary N) is 1. The lowest BCUT2D eigenvalue weighted by Crippen LogP contribution is -2.48. The van der Waals surface area contributed by atoms with E-state index in [4.69, 9.17) is 0 Å². The van der Waals surface area contributed by atoms with Crippen molar-refractivity contribution in [1.82, 2.24) is 14.7 Å². The van der Waals surface area contributed by atoms with Gasteiger partial charge >= 0.3 is 0 Å². The van der Waals surface area contributed by atoms with Gasteiger partial charge in [0.1, 0.15) is 5.82 Å². The Bertz CT molecular complexity index is 586. The predicted molar refractivity (Wildman–Crippen MR) is 77.1 cm³/mol. The molecule has 0 spiro atoms. The van der Waals surface area contributed by atoms with Gasteiger partial charge in [-0.3, -0.25) is 4.98 Å². The average Bonchev–Trinajstić information content (AvgIpc) is 3.23. The molecule has 2 heterocycles. The molecule has 0 bridgehead atoms. The molecule has 0 aromatic carbocycles. The number of aromatic nitrogens is 2. The molecule has 1 aliphatic heterocycles. The molecule has 20 heavy (non-hydrogen) atoms. The first-order valence-electron chi connectivity index (χ1n) is 7.09. The van der Waals surface area contributed by atoms with E-state index in [0.29, 0.717) is 6.54 Å². The number of nitrogens with zero attached hydrogens (tertiary/aromatic N) is 3. The summed E-state index contributed by atoms with van der Waals surface area (Å²) in [5, 5.41) is -0.156. The number of rotatable bonds is 4. The Morgan fingerprint density at radius 2 is 2.10 bits per heavy atom. The van der Waals surface area contributed by atoms with Gasteiger partial charge < -0.3 is 4.90 Å². The summed E-state index contributed by atoms with van der Waals surface area (Å²) in [6.07, 6.45) is 6.92. The van der Waals surface area contributed by atoms with Gasteiger partial charge in [0.2, 0.25) is 10.0 Å². The van der Waals surface area contributed by atoms with Crippen LogP contribution in [0.15, 0.2) is 12.4 Å². The van der Waals surface area contributed by atoms with Crippen LogP contribution in [0.4, 0.5) is 5.82 Å². The summed E-state index contributed by atoms with van der Waals surface area (Å²) in [6, 6.07) is -0.0170. The van der Waals surface area contributed by atoms with Crippen molar-refractivity contribution in [2.24, 2.45) is 0 Å². The molecule has 1 aliphatic carbocycles. The minimum Gasteiger partial charge on any atom is -0.354 e. The highest BCUT2D eigenvalue weighted by molar-refractivity contribution is 7.90. The molecule has 1 atom stereocenters. The second kappa shape index (κ2) is 5.29. The first-order chi connectivity index (χ1) is 9.54. The lowest BCUT2D eigenvalue weighted by atomic mass is 10.1. The predicted octanol–water partition coefficient (Wildman–Crippen LogP) is 0.836. The van der Waals surface area contributed by atoms with Gasteiger partial charge in [-0.1, -0.05) is 0 Å². The van der Waals surface area contributed by atoms with E-state index in [2.05, 4.69) is 19.6 Å². The quantitative estimate of drug-likeness (QED) is 0.891. The van der Waals surface area contributed by atoms with Crippen LogP contribution in [0, 0.1) is 6.92 Å². The Morgan fingerprint density at radius 1 is 1.30 bits per heavy atom. The Kier molecular flexibility index (Phi) is 3.64. The molecule has 6 nitrogen and oxygen atoms in total. The zero-order valence-corrected chi connectivity index (χ0v) is 12.4. The summed E-state index contributed by atoms with van der Waals surface area (Å²) in [6.45, 7) is 3.48. The van der Waals surface area contributed by atoms with Crippen LogP contribution in [0.3, 0.4) is 0 Å². The third-order valence-corrected chi connectivity index (χ3v) is 5.79. The summed E-state index contributed by atoms with van der Waals surface area (Å²) in [5.41, 5.74) is 0.878. The molecular weight excluding hydrogens is 276 g/mol. The largest absolute Gasteiger partial charge is 0.354 e. The molecule has 0 radical (unpaired) electrons. The van der Waals surface area contributed by atoms with Crippen molar-refractivity contribution in [1.29, 1.82) is 0 Å². The standard InChI is InChI=1S/C13H20N4O2S/c1-10-7-14-8-13(15-10)17-6-2-3-11(9-17)16-20(18,19)12-4-5-12/h7-8,11-12,16H,2-6,9H2,1H3. The Labute approximate surface area is 119 Å². The maximum Gasteiger partial charge on any atom is 0.214 e. The van der Waals surface area contributed by atoms with Gasteiger partial charge in [-0.05, 0) is 32.6 Å². The van der Waals surface area contributed by atoms with E-state index in [1.54, 1.807) is 12.4 Å². The summed E-state index contributed by atoms with van der Waals surface area (Å²) in [7, 11) is -3.11. The number of sulfonamides is 1. The smallest absolute Gasteiger partial charge is 0.214 e. The number of hydrogen-bond donors (Lipinski definition) is 1. The van der Waals surface area contributed by atoms with Crippen LogP contribution in [0.1, 0.15) is 31.4 Å². The van der Waals surface area contributed by atoms with Crippen LogP contribution in [0.25, 0.3) is 0 Å². The molecule has 1 N–H and O–H groups in total. The van der Waals surface area contributed by atoms with Crippen molar-refractivity contribution in [3.8, 4) is 0 Å².